The van der Waals surface area contributed by atoms with E-state index in [4.69, 9.17) is 4.42 Å². The topological polar surface area (TPSA) is 73.3 Å². The molecule has 0 N–H and O–H groups in total. The number of rotatable bonds is 1. The molecule has 0 radical (unpaired) electrons. The van der Waals surface area contributed by atoms with E-state index in [1.807, 2.05) is 0 Å². The van der Waals surface area contributed by atoms with Gasteiger partial charge in [0.25, 0.3) is 5.69 Å². The Morgan fingerprint density at radius 2 is 1.72 bits per heavy atom. The van der Waals surface area contributed by atoms with Gasteiger partial charge in [-0.05, 0) is 12.1 Å². The fraction of sp³-hybridized carbons (Fsp3) is 0. The second-order valence-corrected chi connectivity index (χ2v) is 3.84. The Bertz CT molecular complexity index is 835. The third kappa shape index (κ3) is 1.37. The van der Waals surface area contributed by atoms with Crippen molar-refractivity contribution in [3.63, 3.8) is 0 Å². The van der Waals surface area contributed by atoms with Crippen LogP contribution >= 0.6 is 0 Å². The number of para-hydroxylation sites is 1. The summed E-state index contributed by atoms with van der Waals surface area (Å²) in [6.45, 7) is 0. The molecule has 5 nitrogen and oxygen atoms in total. The van der Waals surface area contributed by atoms with Crippen molar-refractivity contribution in [2.24, 2.45) is 0 Å². The maximum absolute atomic E-state index is 11.8. The molecule has 0 aliphatic carbocycles. The normalized spacial score (nSPS) is 10.9. The van der Waals surface area contributed by atoms with Crippen LogP contribution in [0.25, 0.3) is 21.7 Å². The summed E-state index contributed by atoms with van der Waals surface area (Å²) in [6.07, 6.45) is 0. The number of nitro benzene ring substituents is 1. The quantitative estimate of drug-likeness (QED) is 0.284. The minimum Gasteiger partial charge on any atom is -0.422 e. The largest absolute Gasteiger partial charge is 0.422 e. The highest BCUT2D eigenvalue weighted by atomic mass is 16.6. The number of fused-ring (bicyclic) bond motifs is 3. The molecule has 0 aliphatic rings. The van der Waals surface area contributed by atoms with Gasteiger partial charge in [0.05, 0.1) is 15.7 Å². The van der Waals surface area contributed by atoms with Gasteiger partial charge < -0.3 is 4.42 Å². The number of non-ortho nitro benzene ring substituents is 1. The van der Waals surface area contributed by atoms with E-state index in [2.05, 4.69) is 0 Å². The molecular formula is C13H7NO4. The van der Waals surface area contributed by atoms with Crippen LogP contribution in [0.2, 0.25) is 0 Å². The Morgan fingerprint density at radius 3 is 2.50 bits per heavy atom. The van der Waals surface area contributed by atoms with Gasteiger partial charge in [0.1, 0.15) is 5.58 Å². The Labute approximate surface area is 100 Å². The van der Waals surface area contributed by atoms with Gasteiger partial charge in [-0.3, -0.25) is 10.1 Å². The molecule has 0 aliphatic heterocycles. The molecule has 0 bridgehead atoms. The lowest BCUT2D eigenvalue weighted by Gasteiger charge is -2.02. The van der Waals surface area contributed by atoms with E-state index in [9.17, 15) is 14.9 Å². The molecule has 5 heteroatoms. The second-order valence-electron chi connectivity index (χ2n) is 3.84. The summed E-state index contributed by atoms with van der Waals surface area (Å²) >= 11 is 0. The molecule has 0 fully saturated rings. The lowest BCUT2D eigenvalue weighted by molar-refractivity contribution is -0.383. The van der Waals surface area contributed by atoms with Crippen molar-refractivity contribution in [1.82, 2.24) is 0 Å². The van der Waals surface area contributed by atoms with Crippen LogP contribution in [0.3, 0.4) is 0 Å². The van der Waals surface area contributed by atoms with E-state index in [0.717, 1.165) is 0 Å². The minimum absolute atomic E-state index is 0.0865. The molecule has 0 spiro atoms. The standard InChI is InChI=1S/C13H7NO4/c15-13-9-5-3-6-10(14(16)17)12(9)8-4-1-2-7-11(8)18-13/h1-7H. The first-order valence-corrected chi connectivity index (χ1v) is 5.27. The van der Waals surface area contributed by atoms with Crippen molar-refractivity contribution >= 4 is 27.4 Å². The molecule has 3 aromatic rings. The predicted molar refractivity (Wildman–Crippen MR) is 66.6 cm³/mol. The predicted octanol–water partition coefficient (Wildman–Crippen LogP) is 2.85. The molecule has 88 valence electrons. The zero-order valence-corrected chi connectivity index (χ0v) is 9.12. The van der Waals surface area contributed by atoms with Crippen molar-refractivity contribution in [1.29, 1.82) is 0 Å². The van der Waals surface area contributed by atoms with Gasteiger partial charge in [-0.15, -0.1) is 0 Å². The summed E-state index contributed by atoms with van der Waals surface area (Å²) in [5.41, 5.74) is -0.298. The lowest BCUT2D eigenvalue weighted by Crippen LogP contribution is -2.01. The van der Waals surface area contributed by atoms with Gasteiger partial charge in [-0.1, -0.05) is 24.3 Å². The third-order valence-corrected chi connectivity index (χ3v) is 2.82. The van der Waals surface area contributed by atoms with Crippen molar-refractivity contribution < 1.29 is 9.34 Å². The molecular weight excluding hydrogens is 234 g/mol. The third-order valence-electron chi connectivity index (χ3n) is 2.82. The smallest absolute Gasteiger partial charge is 0.344 e. The Morgan fingerprint density at radius 1 is 1.00 bits per heavy atom. The first-order chi connectivity index (χ1) is 8.68. The summed E-state index contributed by atoms with van der Waals surface area (Å²) in [5, 5.41) is 12.2. The van der Waals surface area contributed by atoms with E-state index < -0.39 is 10.5 Å². The highest BCUT2D eigenvalue weighted by molar-refractivity contribution is 6.09. The number of nitrogens with zero attached hydrogens (tertiary/aromatic N) is 1. The lowest BCUT2D eigenvalue weighted by atomic mass is 10.1. The summed E-state index contributed by atoms with van der Waals surface area (Å²) in [5.74, 6) is 0. The van der Waals surface area contributed by atoms with Crippen molar-refractivity contribution in [3.8, 4) is 0 Å². The SMILES string of the molecule is O=c1oc2ccccc2c2c([N+](=O)[O-])cccc12. The van der Waals surface area contributed by atoms with Crippen LogP contribution in [0.15, 0.2) is 51.7 Å². The first kappa shape index (κ1) is 10.5. The molecule has 0 unspecified atom stereocenters. The molecule has 0 amide bonds. The molecule has 1 aromatic heterocycles. The van der Waals surface area contributed by atoms with Gasteiger partial charge in [0, 0.05) is 11.5 Å². The van der Waals surface area contributed by atoms with E-state index >= 15 is 0 Å². The van der Waals surface area contributed by atoms with Crippen molar-refractivity contribution in [2.75, 3.05) is 0 Å². The van der Waals surface area contributed by atoms with Crippen molar-refractivity contribution in [2.45, 2.75) is 0 Å². The average Bonchev–Trinajstić information content (AvgIpc) is 2.38. The van der Waals surface area contributed by atoms with E-state index in [-0.39, 0.29) is 11.1 Å². The van der Waals surface area contributed by atoms with E-state index in [1.54, 1.807) is 24.3 Å². The van der Waals surface area contributed by atoms with Crippen LogP contribution in [0, 0.1) is 10.1 Å². The van der Waals surface area contributed by atoms with Crippen molar-refractivity contribution in [3.05, 3.63) is 63.0 Å². The maximum atomic E-state index is 11.8. The molecule has 0 saturated carbocycles. The zero-order valence-electron chi connectivity index (χ0n) is 9.12. The molecule has 0 saturated heterocycles. The Hall–Kier alpha value is -2.69. The molecule has 1 heterocycles. The molecule has 18 heavy (non-hydrogen) atoms. The number of hydrogen-bond acceptors (Lipinski definition) is 4. The van der Waals surface area contributed by atoms with Gasteiger partial charge in [-0.25, -0.2) is 4.79 Å². The molecule has 2 aromatic carbocycles. The average molecular weight is 241 g/mol. The van der Waals surface area contributed by atoms with Gasteiger partial charge >= 0.3 is 5.63 Å². The highest BCUT2D eigenvalue weighted by Gasteiger charge is 2.17. The van der Waals surface area contributed by atoms with Crippen LogP contribution < -0.4 is 5.63 Å². The summed E-state index contributed by atoms with van der Waals surface area (Å²) in [4.78, 5) is 22.3. The number of nitro groups is 1. The zero-order chi connectivity index (χ0) is 12.7. The fourth-order valence-electron chi connectivity index (χ4n) is 2.06. The van der Waals surface area contributed by atoms with Crippen LogP contribution in [0.4, 0.5) is 5.69 Å². The monoisotopic (exact) mass is 241 g/mol. The maximum Gasteiger partial charge on any atom is 0.344 e. The van der Waals surface area contributed by atoms with E-state index in [0.29, 0.717) is 16.4 Å². The Balaban J connectivity index is 2.68. The molecule has 0 atom stereocenters. The van der Waals surface area contributed by atoms with Crippen LogP contribution in [-0.4, -0.2) is 4.92 Å². The fourth-order valence-corrected chi connectivity index (χ4v) is 2.06. The van der Waals surface area contributed by atoms with Crippen LogP contribution in [0.5, 0.6) is 0 Å². The van der Waals surface area contributed by atoms with Gasteiger partial charge in [0.15, 0.2) is 0 Å². The van der Waals surface area contributed by atoms with Crippen LogP contribution in [-0.2, 0) is 0 Å². The van der Waals surface area contributed by atoms with Gasteiger partial charge in [-0.2, -0.15) is 0 Å². The summed E-state index contributed by atoms with van der Waals surface area (Å²) in [6, 6.07) is 11.2. The van der Waals surface area contributed by atoms with E-state index in [1.165, 1.54) is 18.2 Å². The Kier molecular flexibility index (Phi) is 2.13. The van der Waals surface area contributed by atoms with Gasteiger partial charge in [0.2, 0.25) is 0 Å². The summed E-state index contributed by atoms with van der Waals surface area (Å²) < 4.78 is 5.13. The highest BCUT2D eigenvalue weighted by Crippen LogP contribution is 2.30. The molecule has 3 rings (SSSR count). The first-order valence-electron chi connectivity index (χ1n) is 5.27. The second kappa shape index (κ2) is 3.66. The number of benzene rings is 2. The number of hydrogen-bond donors (Lipinski definition) is 0. The minimum atomic E-state index is -0.563. The summed E-state index contributed by atoms with van der Waals surface area (Å²) in [7, 11) is 0. The van der Waals surface area contributed by atoms with Crippen LogP contribution in [0.1, 0.15) is 0 Å².